The van der Waals surface area contributed by atoms with Gasteiger partial charge in [-0.1, -0.05) is 12.8 Å². The Balaban J connectivity index is 2.47. The monoisotopic (exact) mass is 257 g/mol. The van der Waals surface area contributed by atoms with Crippen LogP contribution >= 0.6 is 0 Å². The second-order valence-electron chi connectivity index (χ2n) is 5.00. The van der Waals surface area contributed by atoms with Crippen molar-refractivity contribution in [3.63, 3.8) is 0 Å². The standard InChI is InChI=1S/C12H23N3O3/c1-14(2)8-7-13-12(18)15(9-11(16)17)10-5-3-4-6-10/h10H,3-9H2,1-2H3,(H,13,18)(H,16,17). The average molecular weight is 257 g/mol. The van der Waals surface area contributed by atoms with Crippen molar-refractivity contribution >= 4 is 12.0 Å². The van der Waals surface area contributed by atoms with E-state index in [-0.39, 0.29) is 18.6 Å². The summed E-state index contributed by atoms with van der Waals surface area (Å²) in [6.45, 7) is 1.07. The molecule has 1 aliphatic rings. The lowest BCUT2D eigenvalue weighted by molar-refractivity contribution is -0.138. The number of urea groups is 1. The number of aliphatic carboxylic acids is 1. The Labute approximate surface area is 108 Å². The molecule has 6 heteroatoms. The zero-order valence-electron chi connectivity index (χ0n) is 11.2. The maximum Gasteiger partial charge on any atom is 0.323 e. The largest absolute Gasteiger partial charge is 0.480 e. The van der Waals surface area contributed by atoms with Gasteiger partial charge in [0, 0.05) is 19.1 Å². The maximum atomic E-state index is 12.0. The van der Waals surface area contributed by atoms with Gasteiger partial charge in [0.25, 0.3) is 0 Å². The minimum absolute atomic E-state index is 0.0838. The first kappa shape index (κ1) is 14.8. The van der Waals surface area contributed by atoms with Crippen molar-refractivity contribution in [2.75, 3.05) is 33.7 Å². The van der Waals surface area contributed by atoms with Crippen molar-refractivity contribution in [3.8, 4) is 0 Å². The van der Waals surface area contributed by atoms with Gasteiger partial charge in [0.15, 0.2) is 0 Å². The van der Waals surface area contributed by atoms with E-state index >= 15 is 0 Å². The molecule has 1 rings (SSSR count). The summed E-state index contributed by atoms with van der Waals surface area (Å²) >= 11 is 0. The lowest BCUT2D eigenvalue weighted by Gasteiger charge is -2.27. The minimum Gasteiger partial charge on any atom is -0.480 e. The summed E-state index contributed by atoms with van der Waals surface area (Å²) in [4.78, 5) is 26.2. The lowest BCUT2D eigenvalue weighted by Crippen LogP contribution is -2.48. The summed E-state index contributed by atoms with van der Waals surface area (Å²) in [5.74, 6) is -0.954. The van der Waals surface area contributed by atoms with Crippen LogP contribution in [0.5, 0.6) is 0 Å². The summed E-state index contributed by atoms with van der Waals surface area (Å²) in [5.41, 5.74) is 0. The Bertz CT molecular complexity index is 288. The van der Waals surface area contributed by atoms with Crippen molar-refractivity contribution in [2.24, 2.45) is 0 Å². The molecule has 0 saturated heterocycles. The number of hydrogen-bond donors (Lipinski definition) is 2. The maximum absolute atomic E-state index is 12.0. The Morgan fingerprint density at radius 1 is 1.28 bits per heavy atom. The summed E-state index contributed by atoms with van der Waals surface area (Å²) in [5, 5.41) is 11.7. The van der Waals surface area contributed by atoms with Crippen LogP contribution < -0.4 is 5.32 Å². The summed E-state index contributed by atoms with van der Waals surface area (Å²) < 4.78 is 0. The molecular weight excluding hydrogens is 234 g/mol. The van der Waals surface area contributed by atoms with E-state index in [4.69, 9.17) is 5.11 Å². The zero-order valence-corrected chi connectivity index (χ0v) is 11.2. The summed E-state index contributed by atoms with van der Waals surface area (Å²) in [6, 6.07) is -0.174. The van der Waals surface area contributed by atoms with Crippen LogP contribution in [-0.4, -0.2) is 66.7 Å². The number of carbonyl (C=O) groups is 2. The molecule has 0 aromatic carbocycles. The van der Waals surface area contributed by atoms with Gasteiger partial charge < -0.3 is 20.2 Å². The van der Waals surface area contributed by atoms with Crippen molar-refractivity contribution < 1.29 is 14.7 Å². The molecule has 0 unspecified atom stereocenters. The van der Waals surface area contributed by atoms with Crippen LogP contribution in [0.25, 0.3) is 0 Å². The van der Waals surface area contributed by atoms with E-state index in [1.165, 1.54) is 4.90 Å². The number of rotatable bonds is 6. The molecular formula is C12H23N3O3. The smallest absolute Gasteiger partial charge is 0.323 e. The molecule has 0 heterocycles. The quantitative estimate of drug-likeness (QED) is 0.730. The Morgan fingerprint density at radius 2 is 1.89 bits per heavy atom. The molecule has 0 radical (unpaired) electrons. The van der Waals surface area contributed by atoms with Gasteiger partial charge in [-0.3, -0.25) is 4.79 Å². The van der Waals surface area contributed by atoms with Gasteiger partial charge in [-0.15, -0.1) is 0 Å². The lowest BCUT2D eigenvalue weighted by atomic mass is 10.2. The van der Waals surface area contributed by atoms with Crippen molar-refractivity contribution in [3.05, 3.63) is 0 Å². The second kappa shape index (κ2) is 7.20. The topological polar surface area (TPSA) is 72.9 Å². The molecule has 0 bridgehead atoms. The SMILES string of the molecule is CN(C)CCNC(=O)N(CC(=O)O)C1CCCC1. The van der Waals surface area contributed by atoms with Crippen LogP contribution in [0.2, 0.25) is 0 Å². The van der Waals surface area contributed by atoms with E-state index in [0.717, 1.165) is 32.2 Å². The Kier molecular flexibility index (Phi) is 5.91. The molecule has 6 nitrogen and oxygen atoms in total. The van der Waals surface area contributed by atoms with E-state index in [9.17, 15) is 9.59 Å². The van der Waals surface area contributed by atoms with Crippen LogP contribution in [0.1, 0.15) is 25.7 Å². The molecule has 1 saturated carbocycles. The van der Waals surface area contributed by atoms with Gasteiger partial charge in [0.2, 0.25) is 0 Å². The first-order valence-electron chi connectivity index (χ1n) is 6.41. The van der Waals surface area contributed by atoms with Gasteiger partial charge in [-0.25, -0.2) is 4.79 Å². The van der Waals surface area contributed by atoms with E-state index in [1.807, 2.05) is 19.0 Å². The highest BCUT2D eigenvalue weighted by Gasteiger charge is 2.27. The number of carboxylic acids is 1. The third kappa shape index (κ3) is 4.91. The average Bonchev–Trinajstić information content (AvgIpc) is 2.78. The van der Waals surface area contributed by atoms with Crippen molar-refractivity contribution in [2.45, 2.75) is 31.7 Å². The molecule has 1 aliphatic carbocycles. The molecule has 2 amide bonds. The predicted octanol–water partition coefficient (Wildman–Crippen LogP) is 0.587. The molecule has 0 spiro atoms. The number of carboxylic acid groups (broad SMARTS) is 1. The molecule has 18 heavy (non-hydrogen) atoms. The van der Waals surface area contributed by atoms with Crippen LogP contribution in [0.3, 0.4) is 0 Å². The molecule has 104 valence electrons. The summed E-state index contributed by atoms with van der Waals surface area (Å²) in [6.07, 6.45) is 3.97. The van der Waals surface area contributed by atoms with E-state index in [2.05, 4.69) is 5.32 Å². The Morgan fingerprint density at radius 3 is 2.39 bits per heavy atom. The summed E-state index contributed by atoms with van der Waals surface area (Å²) in [7, 11) is 3.86. The second-order valence-corrected chi connectivity index (χ2v) is 5.00. The number of amides is 2. The first-order valence-corrected chi connectivity index (χ1v) is 6.41. The van der Waals surface area contributed by atoms with Crippen LogP contribution in [0, 0.1) is 0 Å². The molecule has 1 fully saturated rings. The number of carbonyl (C=O) groups excluding carboxylic acids is 1. The van der Waals surface area contributed by atoms with Crippen molar-refractivity contribution in [1.29, 1.82) is 0 Å². The highest BCUT2D eigenvalue weighted by Crippen LogP contribution is 2.23. The number of likely N-dealkylation sites (N-methyl/N-ethyl adjacent to an activating group) is 1. The third-order valence-electron chi connectivity index (χ3n) is 3.17. The van der Waals surface area contributed by atoms with Gasteiger partial charge in [-0.05, 0) is 26.9 Å². The number of hydrogen-bond acceptors (Lipinski definition) is 3. The van der Waals surface area contributed by atoms with E-state index < -0.39 is 5.97 Å². The molecule has 0 aromatic rings. The fourth-order valence-electron chi connectivity index (χ4n) is 2.22. The molecule has 0 atom stereocenters. The highest BCUT2D eigenvalue weighted by atomic mass is 16.4. The van der Waals surface area contributed by atoms with Gasteiger partial charge in [0.05, 0.1) is 0 Å². The predicted molar refractivity (Wildman–Crippen MR) is 68.6 cm³/mol. The molecule has 0 aliphatic heterocycles. The molecule has 0 aromatic heterocycles. The molecule has 2 N–H and O–H groups in total. The fraction of sp³-hybridized carbons (Fsp3) is 0.833. The third-order valence-corrected chi connectivity index (χ3v) is 3.17. The van der Waals surface area contributed by atoms with E-state index in [1.54, 1.807) is 0 Å². The number of nitrogens with one attached hydrogen (secondary N) is 1. The highest BCUT2D eigenvalue weighted by molar-refractivity contribution is 5.80. The van der Waals surface area contributed by atoms with Gasteiger partial charge in [0.1, 0.15) is 6.54 Å². The van der Waals surface area contributed by atoms with Gasteiger partial charge >= 0.3 is 12.0 Å². The van der Waals surface area contributed by atoms with Crippen LogP contribution in [0.4, 0.5) is 4.79 Å². The fourth-order valence-corrected chi connectivity index (χ4v) is 2.22. The van der Waals surface area contributed by atoms with Crippen molar-refractivity contribution in [1.82, 2.24) is 15.1 Å². The van der Waals surface area contributed by atoms with Crippen LogP contribution in [0.15, 0.2) is 0 Å². The first-order chi connectivity index (χ1) is 8.50. The van der Waals surface area contributed by atoms with Crippen LogP contribution in [-0.2, 0) is 4.79 Å². The Hall–Kier alpha value is -1.30. The van der Waals surface area contributed by atoms with Gasteiger partial charge in [-0.2, -0.15) is 0 Å². The zero-order chi connectivity index (χ0) is 13.5. The number of nitrogens with zero attached hydrogens (tertiary/aromatic N) is 2. The van der Waals surface area contributed by atoms with E-state index in [0.29, 0.717) is 6.54 Å². The normalized spacial score (nSPS) is 15.9. The minimum atomic E-state index is -0.954.